The fourth-order valence-electron chi connectivity index (χ4n) is 1.12. The van der Waals surface area contributed by atoms with Crippen molar-refractivity contribution in [2.45, 2.75) is 13.0 Å². The standard InChI is InChI=1S/C10H15NO3S/c12-7-4-8-15(13,14)11-9-10-5-2-1-3-6-10/h1-3,5-6,11-12H,4,7-9H2. The third-order valence-corrected chi connectivity index (χ3v) is 3.32. The molecule has 0 amide bonds. The second-order valence-corrected chi connectivity index (χ2v) is 5.13. The number of sulfonamides is 1. The molecule has 1 rings (SSSR count). The normalized spacial score (nSPS) is 11.5. The van der Waals surface area contributed by atoms with Gasteiger partial charge in [-0.15, -0.1) is 0 Å². The molecular weight excluding hydrogens is 214 g/mol. The molecule has 1 aromatic carbocycles. The highest BCUT2D eigenvalue weighted by Gasteiger charge is 2.08. The summed E-state index contributed by atoms with van der Waals surface area (Å²) in [5, 5.41) is 8.52. The van der Waals surface area contributed by atoms with Gasteiger partial charge in [-0.25, -0.2) is 13.1 Å². The molecule has 0 heterocycles. The lowest BCUT2D eigenvalue weighted by atomic mass is 10.2. The molecule has 0 unspecified atom stereocenters. The number of hydrogen-bond acceptors (Lipinski definition) is 3. The van der Waals surface area contributed by atoms with Crippen molar-refractivity contribution in [2.24, 2.45) is 0 Å². The van der Waals surface area contributed by atoms with Gasteiger partial charge in [0.1, 0.15) is 0 Å². The first-order valence-corrected chi connectivity index (χ1v) is 6.41. The Morgan fingerprint density at radius 2 is 1.87 bits per heavy atom. The minimum absolute atomic E-state index is 0.0314. The zero-order valence-electron chi connectivity index (χ0n) is 8.39. The van der Waals surface area contributed by atoms with E-state index in [-0.39, 0.29) is 18.8 Å². The lowest BCUT2D eigenvalue weighted by molar-refractivity contribution is 0.295. The van der Waals surface area contributed by atoms with Gasteiger partial charge in [-0.1, -0.05) is 30.3 Å². The average Bonchev–Trinajstić information content (AvgIpc) is 2.25. The van der Waals surface area contributed by atoms with E-state index in [2.05, 4.69) is 4.72 Å². The van der Waals surface area contributed by atoms with Crippen molar-refractivity contribution < 1.29 is 13.5 Å². The second-order valence-electron chi connectivity index (χ2n) is 3.20. The molecule has 0 atom stereocenters. The van der Waals surface area contributed by atoms with Crippen LogP contribution in [0.4, 0.5) is 0 Å². The van der Waals surface area contributed by atoms with Gasteiger partial charge in [-0.2, -0.15) is 0 Å². The van der Waals surface area contributed by atoms with E-state index in [0.717, 1.165) is 5.56 Å². The molecule has 0 bridgehead atoms. The number of hydrogen-bond donors (Lipinski definition) is 2. The molecule has 2 N–H and O–H groups in total. The van der Waals surface area contributed by atoms with Gasteiger partial charge < -0.3 is 5.11 Å². The molecular formula is C10H15NO3S. The fraction of sp³-hybridized carbons (Fsp3) is 0.400. The van der Waals surface area contributed by atoms with Gasteiger partial charge in [-0.3, -0.25) is 0 Å². The van der Waals surface area contributed by atoms with E-state index in [4.69, 9.17) is 5.11 Å². The number of benzene rings is 1. The summed E-state index contributed by atoms with van der Waals surface area (Å²) >= 11 is 0. The maximum Gasteiger partial charge on any atom is 0.211 e. The van der Waals surface area contributed by atoms with Crippen molar-refractivity contribution in [3.05, 3.63) is 35.9 Å². The van der Waals surface area contributed by atoms with Gasteiger partial charge >= 0.3 is 0 Å². The molecule has 0 saturated carbocycles. The summed E-state index contributed by atoms with van der Waals surface area (Å²) in [6, 6.07) is 9.31. The Bertz CT molecular complexity index is 375. The van der Waals surface area contributed by atoms with Crippen LogP contribution in [-0.4, -0.2) is 25.9 Å². The van der Waals surface area contributed by atoms with Crippen LogP contribution in [-0.2, 0) is 16.6 Å². The summed E-state index contributed by atoms with van der Waals surface area (Å²) in [6.45, 7) is 0.195. The van der Waals surface area contributed by atoms with Crippen LogP contribution in [0.5, 0.6) is 0 Å². The van der Waals surface area contributed by atoms with Crippen molar-refractivity contribution >= 4 is 10.0 Å². The monoisotopic (exact) mass is 229 g/mol. The molecule has 15 heavy (non-hydrogen) atoms. The zero-order valence-corrected chi connectivity index (χ0v) is 9.20. The molecule has 0 aliphatic heterocycles. The smallest absolute Gasteiger partial charge is 0.211 e. The Balaban J connectivity index is 2.43. The molecule has 84 valence electrons. The van der Waals surface area contributed by atoms with Crippen LogP contribution >= 0.6 is 0 Å². The molecule has 0 spiro atoms. The Labute approximate surface area is 90.0 Å². The maximum atomic E-state index is 11.3. The van der Waals surface area contributed by atoms with Gasteiger partial charge in [0.05, 0.1) is 5.75 Å². The van der Waals surface area contributed by atoms with E-state index < -0.39 is 10.0 Å². The van der Waals surface area contributed by atoms with E-state index in [1.54, 1.807) is 0 Å². The van der Waals surface area contributed by atoms with Crippen molar-refractivity contribution in [2.75, 3.05) is 12.4 Å². The summed E-state index contributed by atoms with van der Waals surface area (Å²) in [4.78, 5) is 0. The van der Waals surface area contributed by atoms with E-state index in [9.17, 15) is 8.42 Å². The van der Waals surface area contributed by atoms with Gasteiger partial charge in [-0.05, 0) is 12.0 Å². The van der Waals surface area contributed by atoms with Crippen LogP contribution in [0.15, 0.2) is 30.3 Å². The Morgan fingerprint density at radius 1 is 1.20 bits per heavy atom. The van der Waals surface area contributed by atoms with Crippen molar-refractivity contribution in [3.8, 4) is 0 Å². The second kappa shape index (κ2) is 5.85. The van der Waals surface area contributed by atoms with Crippen molar-refractivity contribution in [1.82, 2.24) is 4.72 Å². The molecule has 4 nitrogen and oxygen atoms in total. The number of aliphatic hydroxyl groups excluding tert-OH is 1. The summed E-state index contributed by atoms with van der Waals surface area (Å²) in [5.74, 6) is -0.0314. The van der Waals surface area contributed by atoms with Crippen molar-refractivity contribution in [3.63, 3.8) is 0 Å². The highest BCUT2D eigenvalue weighted by atomic mass is 32.2. The Kier molecular flexibility index (Phi) is 4.74. The predicted molar refractivity (Wildman–Crippen MR) is 58.8 cm³/mol. The van der Waals surface area contributed by atoms with E-state index in [1.165, 1.54) is 0 Å². The first-order chi connectivity index (χ1) is 7.14. The SMILES string of the molecule is O=S(=O)(CCCO)NCc1ccccc1. The van der Waals surface area contributed by atoms with Gasteiger partial charge in [0, 0.05) is 13.2 Å². The minimum Gasteiger partial charge on any atom is -0.396 e. The van der Waals surface area contributed by atoms with Gasteiger partial charge in [0.2, 0.25) is 10.0 Å². The number of nitrogens with one attached hydrogen (secondary N) is 1. The van der Waals surface area contributed by atoms with Crippen LogP contribution in [0.25, 0.3) is 0 Å². The van der Waals surface area contributed by atoms with Crippen LogP contribution in [0.2, 0.25) is 0 Å². The topological polar surface area (TPSA) is 66.4 Å². The highest BCUT2D eigenvalue weighted by molar-refractivity contribution is 7.89. The first kappa shape index (κ1) is 12.2. The van der Waals surface area contributed by atoms with E-state index in [1.807, 2.05) is 30.3 Å². The molecule has 0 radical (unpaired) electrons. The quantitative estimate of drug-likeness (QED) is 0.746. The Hall–Kier alpha value is -0.910. The van der Waals surface area contributed by atoms with Crippen LogP contribution in [0, 0.1) is 0 Å². The van der Waals surface area contributed by atoms with Crippen molar-refractivity contribution in [1.29, 1.82) is 0 Å². The molecule has 0 fully saturated rings. The first-order valence-electron chi connectivity index (χ1n) is 4.76. The molecule has 0 aliphatic rings. The number of aliphatic hydroxyl groups is 1. The van der Waals surface area contributed by atoms with Crippen LogP contribution in [0.1, 0.15) is 12.0 Å². The number of rotatable bonds is 6. The molecule has 0 saturated heterocycles. The summed E-state index contributed by atoms with van der Waals surface area (Å²) < 4.78 is 25.2. The Morgan fingerprint density at radius 3 is 2.47 bits per heavy atom. The highest BCUT2D eigenvalue weighted by Crippen LogP contribution is 1.99. The zero-order chi connectivity index (χ0) is 11.1. The molecule has 5 heteroatoms. The third-order valence-electron chi connectivity index (χ3n) is 1.91. The van der Waals surface area contributed by atoms with Crippen LogP contribution in [0.3, 0.4) is 0 Å². The fourth-order valence-corrected chi connectivity index (χ4v) is 2.16. The van der Waals surface area contributed by atoms with Gasteiger partial charge in [0.25, 0.3) is 0 Å². The summed E-state index contributed by atoms with van der Waals surface area (Å²) in [7, 11) is -3.25. The van der Waals surface area contributed by atoms with E-state index >= 15 is 0 Å². The molecule has 1 aromatic rings. The molecule has 0 aliphatic carbocycles. The minimum atomic E-state index is -3.25. The summed E-state index contributed by atoms with van der Waals surface area (Å²) in [5.41, 5.74) is 0.921. The van der Waals surface area contributed by atoms with E-state index in [0.29, 0.717) is 6.54 Å². The lowest BCUT2D eigenvalue weighted by Gasteiger charge is -2.05. The molecule has 0 aromatic heterocycles. The lowest BCUT2D eigenvalue weighted by Crippen LogP contribution is -2.26. The van der Waals surface area contributed by atoms with Gasteiger partial charge in [0.15, 0.2) is 0 Å². The summed E-state index contributed by atoms with van der Waals surface area (Å²) in [6.07, 6.45) is 0.268. The third kappa shape index (κ3) is 4.92. The maximum absolute atomic E-state index is 11.3. The largest absolute Gasteiger partial charge is 0.396 e. The average molecular weight is 229 g/mol. The predicted octanol–water partition coefficient (Wildman–Crippen LogP) is 0.488. The van der Waals surface area contributed by atoms with Crippen LogP contribution < -0.4 is 4.72 Å².